The Morgan fingerprint density at radius 1 is 0.867 bits per heavy atom. The van der Waals surface area contributed by atoms with E-state index >= 15 is 0 Å². The van der Waals surface area contributed by atoms with Crippen LogP contribution >= 0.6 is 0 Å². The summed E-state index contributed by atoms with van der Waals surface area (Å²) in [5, 5.41) is 4.18. The van der Waals surface area contributed by atoms with E-state index in [1.54, 1.807) is 0 Å². The van der Waals surface area contributed by atoms with Gasteiger partial charge in [0.1, 0.15) is 5.84 Å². The van der Waals surface area contributed by atoms with Crippen molar-refractivity contribution in [1.82, 2.24) is 16.5 Å². The molecule has 0 amide bonds. The van der Waals surface area contributed by atoms with Crippen LogP contribution in [0.5, 0.6) is 0 Å². The molecule has 0 atom stereocenters. The lowest BCUT2D eigenvalue weighted by Crippen LogP contribution is -2.35. The standard InChI is InChI=1S/C26H32N4/c1-17-14-21-22(25(4,5)11-10-24(21,2)3)16-20(17)26(12-13-26)19-8-6-18(7-9-19)15-23-27-29-30-28-23/h6-11,14,16,29-30H,12-13,15H2,1-5H3,(H,27,28). The van der Waals surface area contributed by atoms with Gasteiger partial charge in [-0.2, -0.15) is 0 Å². The normalized spacial score (nSPS) is 22.0. The number of aryl methyl sites for hydroxylation is 1. The molecule has 2 aromatic rings. The highest BCUT2D eigenvalue weighted by molar-refractivity contribution is 5.84. The third-order valence-corrected chi connectivity index (χ3v) is 7.27. The smallest absolute Gasteiger partial charge is 0.143 e. The maximum Gasteiger partial charge on any atom is 0.143 e. The zero-order valence-electron chi connectivity index (χ0n) is 18.7. The van der Waals surface area contributed by atoms with Crippen LogP contribution in [0.2, 0.25) is 0 Å². The average molecular weight is 401 g/mol. The van der Waals surface area contributed by atoms with E-state index in [2.05, 4.69) is 105 Å². The topological polar surface area (TPSA) is 48.5 Å². The average Bonchev–Trinajstić information content (AvgIpc) is 3.35. The molecule has 2 aromatic carbocycles. The summed E-state index contributed by atoms with van der Waals surface area (Å²) in [4.78, 5) is 0. The first-order chi connectivity index (χ1) is 14.2. The number of allylic oxidation sites excluding steroid dienone is 2. The van der Waals surface area contributed by atoms with Crippen LogP contribution in [0.4, 0.5) is 0 Å². The maximum absolute atomic E-state index is 4.18. The molecule has 1 heterocycles. The van der Waals surface area contributed by atoms with Crippen molar-refractivity contribution in [2.75, 3.05) is 0 Å². The molecule has 0 saturated heterocycles. The quantitative estimate of drug-likeness (QED) is 0.654. The van der Waals surface area contributed by atoms with E-state index in [9.17, 15) is 0 Å². The molecule has 30 heavy (non-hydrogen) atoms. The lowest BCUT2D eigenvalue weighted by molar-refractivity contribution is 0.560. The number of hydrogen-bond acceptors (Lipinski definition) is 4. The van der Waals surface area contributed by atoms with Crippen LogP contribution in [0.15, 0.2) is 53.7 Å². The van der Waals surface area contributed by atoms with Crippen LogP contribution in [-0.4, -0.2) is 5.84 Å². The van der Waals surface area contributed by atoms with Gasteiger partial charge >= 0.3 is 0 Å². The minimum Gasteiger partial charge on any atom is -0.288 e. The van der Waals surface area contributed by atoms with Gasteiger partial charge in [0.2, 0.25) is 0 Å². The summed E-state index contributed by atoms with van der Waals surface area (Å²) in [6.07, 6.45) is 8.03. The Labute approximate surface area is 179 Å². The highest BCUT2D eigenvalue weighted by Gasteiger charge is 2.47. The predicted molar refractivity (Wildman–Crippen MR) is 123 cm³/mol. The van der Waals surface area contributed by atoms with E-state index in [0.717, 1.165) is 12.3 Å². The van der Waals surface area contributed by atoms with Gasteiger partial charge in [-0.25, -0.2) is 5.53 Å². The van der Waals surface area contributed by atoms with E-state index in [1.807, 2.05) is 0 Å². The second-order valence-electron chi connectivity index (χ2n) is 10.4. The molecule has 1 aliphatic heterocycles. The highest BCUT2D eigenvalue weighted by Crippen LogP contribution is 2.56. The largest absolute Gasteiger partial charge is 0.288 e. The summed E-state index contributed by atoms with van der Waals surface area (Å²) >= 11 is 0. The molecular weight excluding hydrogens is 368 g/mol. The fourth-order valence-electron chi connectivity index (χ4n) is 5.17. The van der Waals surface area contributed by atoms with Gasteiger partial charge in [-0.15, -0.1) is 10.6 Å². The number of nitrogens with zero attached hydrogens (tertiary/aromatic N) is 1. The molecule has 1 fully saturated rings. The van der Waals surface area contributed by atoms with Crippen LogP contribution in [0.3, 0.4) is 0 Å². The van der Waals surface area contributed by atoms with Crippen LogP contribution < -0.4 is 16.5 Å². The van der Waals surface area contributed by atoms with Gasteiger partial charge in [-0.3, -0.25) is 5.43 Å². The van der Waals surface area contributed by atoms with Crippen molar-refractivity contribution in [3.05, 3.63) is 81.9 Å². The summed E-state index contributed by atoms with van der Waals surface area (Å²) in [7, 11) is 0. The van der Waals surface area contributed by atoms with E-state index in [0.29, 0.717) is 0 Å². The molecule has 3 aliphatic rings. The van der Waals surface area contributed by atoms with Crippen molar-refractivity contribution in [3.63, 3.8) is 0 Å². The Hall–Kier alpha value is -2.59. The van der Waals surface area contributed by atoms with Crippen molar-refractivity contribution in [2.45, 2.75) is 70.1 Å². The minimum atomic E-state index is 0.0737. The summed E-state index contributed by atoms with van der Waals surface area (Å²) in [5.41, 5.74) is 17.5. The molecule has 0 bridgehead atoms. The first-order valence-corrected chi connectivity index (χ1v) is 11.0. The lowest BCUT2D eigenvalue weighted by Gasteiger charge is -2.38. The monoisotopic (exact) mass is 400 g/mol. The van der Waals surface area contributed by atoms with Crippen LogP contribution in [0, 0.1) is 6.92 Å². The predicted octanol–water partition coefficient (Wildman–Crippen LogP) is 4.67. The first-order valence-electron chi connectivity index (χ1n) is 11.0. The van der Waals surface area contributed by atoms with Gasteiger partial charge in [-0.05, 0) is 53.1 Å². The number of hydrazone groups is 1. The van der Waals surface area contributed by atoms with Crippen LogP contribution in [0.25, 0.3) is 0 Å². The molecular formula is C26H32N4. The fourth-order valence-corrected chi connectivity index (χ4v) is 5.17. The first kappa shape index (κ1) is 19.4. The Morgan fingerprint density at radius 3 is 2.07 bits per heavy atom. The Kier molecular flexibility index (Phi) is 4.17. The van der Waals surface area contributed by atoms with Crippen LogP contribution in [0.1, 0.15) is 73.9 Å². The van der Waals surface area contributed by atoms with Crippen molar-refractivity contribution in [3.8, 4) is 0 Å². The summed E-state index contributed by atoms with van der Waals surface area (Å²) in [6.45, 7) is 11.6. The second kappa shape index (κ2) is 6.45. The molecule has 3 N–H and O–H groups in total. The summed E-state index contributed by atoms with van der Waals surface area (Å²) in [6, 6.07) is 14.2. The van der Waals surface area contributed by atoms with E-state index in [4.69, 9.17) is 0 Å². The molecule has 0 aromatic heterocycles. The Morgan fingerprint density at radius 2 is 1.50 bits per heavy atom. The van der Waals surface area contributed by atoms with Crippen molar-refractivity contribution < 1.29 is 0 Å². The van der Waals surface area contributed by atoms with E-state index in [-0.39, 0.29) is 16.2 Å². The van der Waals surface area contributed by atoms with Gasteiger partial charge in [0.15, 0.2) is 0 Å². The van der Waals surface area contributed by atoms with Crippen molar-refractivity contribution in [2.24, 2.45) is 5.10 Å². The number of nitrogens with one attached hydrogen (secondary N) is 3. The second-order valence-corrected chi connectivity index (χ2v) is 10.4. The zero-order chi connectivity index (χ0) is 21.1. The molecule has 156 valence electrons. The van der Waals surface area contributed by atoms with Gasteiger partial charge in [0, 0.05) is 22.7 Å². The van der Waals surface area contributed by atoms with Gasteiger partial charge < -0.3 is 0 Å². The zero-order valence-corrected chi connectivity index (χ0v) is 18.7. The molecule has 4 nitrogen and oxygen atoms in total. The molecule has 5 rings (SSSR count). The molecule has 2 aliphatic carbocycles. The summed E-state index contributed by atoms with van der Waals surface area (Å²) in [5.74, 6) is 0.910. The van der Waals surface area contributed by atoms with Gasteiger partial charge in [-0.1, -0.05) is 76.2 Å². The van der Waals surface area contributed by atoms with Gasteiger partial charge in [0.05, 0.1) is 0 Å². The number of rotatable bonds is 4. The van der Waals surface area contributed by atoms with Crippen molar-refractivity contribution >= 4 is 5.84 Å². The number of amidine groups is 1. The number of hydrogen-bond donors (Lipinski definition) is 3. The molecule has 0 unspecified atom stereocenters. The third kappa shape index (κ3) is 3.05. The van der Waals surface area contributed by atoms with E-state index < -0.39 is 0 Å². The Balaban J connectivity index is 1.51. The number of fused-ring (bicyclic) bond motifs is 1. The van der Waals surface area contributed by atoms with E-state index in [1.165, 1.54) is 46.2 Å². The maximum atomic E-state index is 4.18. The Bertz CT molecular complexity index is 1050. The number of benzene rings is 2. The summed E-state index contributed by atoms with van der Waals surface area (Å²) < 4.78 is 0. The lowest BCUT2D eigenvalue weighted by atomic mass is 9.66. The van der Waals surface area contributed by atoms with Crippen LogP contribution in [-0.2, 0) is 22.7 Å². The molecule has 1 saturated carbocycles. The van der Waals surface area contributed by atoms with Crippen molar-refractivity contribution in [1.29, 1.82) is 0 Å². The molecule has 0 radical (unpaired) electrons. The van der Waals surface area contributed by atoms with Gasteiger partial charge in [0.25, 0.3) is 0 Å². The third-order valence-electron chi connectivity index (χ3n) is 7.27. The minimum absolute atomic E-state index is 0.0737. The molecule has 4 heteroatoms. The number of hydrazine groups is 2. The SMILES string of the molecule is Cc1cc2c(cc1C1(c3ccc(CC4=NNNN4)cc3)CC1)C(C)(C)C=CC2(C)C. The highest BCUT2D eigenvalue weighted by atomic mass is 15.8. The molecule has 0 spiro atoms. The fraction of sp³-hybridized carbons (Fsp3) is 0.423.